The fourth-order valence-corrected chi connectivity index (χ4v) is 1.89. The molecule has 0 fully saturated rings. The maximum Gasteiger partial charge on any atom is 0.257 e. The molecule has 1 aromatic rings. The van der Waals surface area contributed by atoms with Crippen LogP contribution in [0.1, 0.15) is 32.3 Å². The van der Waals surface area contributed by atoms with Crippen LogP contribution in [0.2, 0.25) is 0 Å². The lowest BCUT2D eigenvalue weighted by Gasteiger charge is -2.13. The van der Waals surface area contributed by atoms with Gasteiger partial charge in [0.15, 0.2) is 6.61 Å². The van der Waals surface area contributed by atoms with E-state index in [4.69, 9.17) is 22.7 Å². The molecule has 0 aliphatic carbocycles. The molecule has 0 atom stereocenters. The highest BCUT2D eigenvalue weighted by atomic mass is 32.1. The van der Waals surface area contributed by atoms with E-state index in [2.05, 4.69) is 19.2 Å². The van der Waals surface area contributed by atoms with Gasteiger partial charge in [0.1, 0.15) is 10.7 Å². The topological polar surface area (TPSA) is 64.3 Å². The summed E-state index contributed by atoms with van der Waals surface area (Å²) in [6.07, 6.45) is 2.14. The number of thiocarbonyl (C=S) groups is 1. The normalized spacial score (nSPS) is 10.3. The molecule has 0 aromatic heterocycles. The number of rotatable bonds is 8. The van der Waals surface area contributed by atoms with Crippen molar-refractivity contribution in [3.63, 3.8) is 0 Å². The summed E-state index contributed by atoms with van der Waals surface area (Å²) in [5.74, 6) is 1.06. The molecular weight excluding hydrogens is 272 g/mol. The molecule has 1 amide bonds. The summed E-state index contributed by atoms with van der Waals surface area (Å²) in [6.45, 7) is 4.97. The van der Waals surface area contributed by atoms with Gasteiger partial charge in [-0.2, -0.15) is 0 Å². The molecule has 0 aliphatic rings. The van der Waals surface area contributed by atoms with Crippen LogP contribution in [0.25, 0.3) is 0 Å². The van der Waals surface area contributed by atoms with Crippen LogP contribution in [0.5, 0.6) is 5.75 Å². The first kappa shape index (κ1) is 16.4. The van der Waals surface area contributed by atoms with Gasteiger partial charge in [-0.3, -0.25) is 4.79 Å². The van der Waals surface area contributed by atoms with Gasteiger partial charge in [-0.05, 0) is 30.2 Å². The standard InChI is InChI=1S/C15H22N2O2S/c1-3-11(4-2)9-17-14(18)10-19-13-7-5-12(6-8-13)15(16)20/h5-8,11H,3-4,9-10H2,1-2H3,(H2,16,20)(H,17,18). The van der Waals surface area contributed by atoms with Crippen LogP contribution in [-0.4, -0.2) is 24.0 Å². The van der Waals surface area contributed by atoms with Gasteiger partial charge >= 0.3 is 0 Å². The summed E-state index contributed by atoms with van der Waals surface area (Å²) in [4.78, 5) is 12.0. The molecule has 20 heavy (non-hydrogen) atoms. The van der Waals surface area contributed by atoms with Crippen molar-refractivity contribution in [3.05, 3.63) is 29.8 Å². The average Bonchev–Trinajstić information content (AvgIpc) is 2.46. The third kappa shape index (κ3) is 5.57. The van der Waals surface area contributed by atoms with E-state index in [1.54, 1.807) is 24.3 Å². The van der Waals surface area contributed by atoms with Gasteiger partial charge in [-0.1, -0.05) is 38.9 Å². The minimum Gasteiger partial charge on any atom is -0.484 e. The number of hydrogen-bond acceptors (Lipinski definition) is 3. The second-order valence-electron chi connectivity index (χ2n) is 4.66. The summed E-state index contributed by atoms with van der Waals surface area (Å²) in [5, 5.41) is 2.88. The molecule has 0 saturated carbocycles. The Kier molecular flexibility index (Phi) is 7.01. The molecule has 1 aromatic carbocycles. The van der Waals surface area contributed by atoms with Crippen molar-refractivity contribution in [1.82, 2.24) is 5.32 Å². The molecular formula is C15H22N2O2S. The van der Waals surface area contributed by atoms with E-state index < -0.39 is 0 Å². The Morgan fingerprint density at radius 1 is 1.30 bits per heavy atom. The highest BCUT2D eigenvalue weighted by Gasteiger charge is 2.07. The van der Waals surface area contributed by atoms with E-state index in [9.17, 15) is 4.79 Å². The van der Waals surface area contributed by atoms with Crippen molar-refractivity contribution in [2.45, 2.75) is 26.7 Å². The third-order valence-corrected chi connectivity index (χ3v) is 3.49. The van der Waals surface area contributed by atoms with Crippen molar-refractivity contribution in [3.8, 4) is 5.75 Å². The monoisotopic (exact) mass is 294 g/mol. The fraction of sp³-hybridized carbons (Fsp3) is 0.467. The smallest absolute Gasteiger partial charge is 0.257 e. The number of carbonyl (C=O) groups excluding carboxylic acids is 1. The number of amides is 1. The maximum atomic E-state index is 11.7. The van der Waals surface area contributed by atoms with Crippen LogP contribution in [0.15, 0.2) is 24.3 Å². The number of ether oxygens (including phenoxy) is 1. The second-order valence-corrected chi connectivity index (χ2v) is 5.10. The lowest BCUT2D eigenvalue weighted by atomic mass is 10.0. The number of nitrogens with two attached hydrogens (primary N) is 1. The van der Waals surface area contributed by atoms with E-state index >= 15 is 0 Å². The van der Waals surface area contributed by atoms with Crippen LogP contribution < -0.4 is 15.8 Å². The van der Waals surface area contributed by atoms with Crippen molar-refractivity contribution in [2.24, 2.45) is 11.7 Å². The maximum absolute atomic E-state index is 11.7. The van der Waals surface area contributed by atoms with Crippen molar-refractivity contribution >= 4 is 23.1 Å². The minimum absolute atomic E-state index is 0.0204. The Hall–Kier alpha value is -1.62. The van der Waals surface area contributed by atoms with Gasteiger partial charge in [0.05, 0.1) is 0 Å². The van der Waals surface area contributed by atoms with E-state index in [-0.39, 0.29) is 12.5 Å². The summed E-state index contributed by atoms with van der Waals surface area (Å²) in [5.41, 5.74) is 6.29. The Balaban J connectivity index is 2.35. The molecule has 5 heteroatoms. The lowest BCUT2D eigenvalue weighted by Crippen LogP contribution is -2.32. The Morgan fingerprint density at radius 2 is 1.90 bits per heavy atom. The van der Waals surface area contributed by atoms with E-state index in [0.717, 1.165) is 18.4 Å². The Labute approximate surface area is 125 Å². The summed E-state index contributed by atoms with van der Waals surface area (Å²) in [7, 11) is 0. The lowest BCUT2D eigenvalue weighted by molar-refractivity contribution is -0.123. The molecule has 0 aliphatic heterocycles. The first-order valence-corrected chi connectivity index (χ1v) is 7.27. The van der Waals surface area contributed by atoms with Crippen LogP contribution in [0.4, 0.5) is 0 Å². The first-order chi connectivity index (χ1) is 9.56. The van der Waals surface area contributed by atoms with Gasteiger partial charge < -0.3 is 15.8 Å². The predicted octanol–water partition coefficient (Wildman–Crippen LogP) is 2.25. The zero-order valence-electron chi connectivity index (χ0n) is 12.0. The number of nitrogens with one attached hydrogen (secondary N) is 1. The quantitative estimate of drug-likeness (QED) is 0.722. The van der Waals surface area contributed by atoms with Gasteiger partial charge in [-0.25, -0.2) is 0 Å². The molecule has 0 unspecified atom stereocenters. The van der Waals surface area contributed by atoms with Crippen molar-refractivity contribution in [2.75, 3.05) is 13.2 Å². The number of benzene rings is 1. The molecule has 4 nitrogen and oxygen atoms in total. The summed E-state index contributed by atoms with van der Waals surface area (Å²) < 4.78 is 5.41. The second kappa shape index (κ2) is 8.53. The largest absolute Gasteiger partial charge is 0.484 e. The van der Waals surface area contributed by atoms with Crippen LogP contribution in [0, 0.1) is 5.92 Å². The molecule has 3 N–H and O–H groups in total. The van der Waals surface area contributed by atoms with Gasteiger partial charge in [0.2, 0.25) is 0 Å². The Morgan fingerprint density at radius 3 is 2.40 bits per heavy atom. The molecule has 0 saturated heterocycles. The van der Waals surface area contributed by atoms with E-state index in [0.29, 0.717) is 23.2 Å². The first-order valence-electron chi connectivity index (χ1n) is 6.86. The number of hydrogen-bond donors (Lipinski definition) is 2. The average molecular weight is 294 g/mol. The van der Waals surface area contributed by atoms with Crippen LogP contribution in [0.3, 0.4) is 0 Å². The molecule has 110 valence electrons. The zero-order chi connectivity index (χ0) is 15.0. The van der Waals surface area contributed by atoms with Gasteiger partial charge in [0, 0.05) is 12.1 Å². The van der Waals surface area contributed by atoms with Gasteiger partial charge in [-0.15, -0.1) is 0 Å². The SMILES string of the molecule is CCC(CC)CNC(=O)COc1ccc(C(N)=S)cc1. The summed E-state index contributed by atoms with van der Waals surface area (Å²) >= 11 is 4.87. The number of carbonyl (C=O) groups is 1. The highest BCUT2D eigenvalue weighted by molar-refractivity contribution is 7.80. The van der Waals surface area contributed by atoms with E-state index in [1.807, 2.05) is 0 Å². The van der Waals surface area contributed by atoms with Crippen molar-refractivity contribution in [1.29, 1.82) is 0 Å². The summed E-state index contributed by atoms with van der Waals surface area (Å²) in [6, 6.07) is 7.06. The Bertz CT molecular complexity index is 442. The third-order valence-electron chi connectivity index (χ3n) is 3.25. The van der Waals surface area contributed by atoms with E-state index in [1.165, 1.54) is 0 Å². The molecule has 0 radical (unpaired) electrons. The van der Waals surface area contributed by atoms with Crippen molar-refractivity contribution < 1.29 is 9.53 Å². The molecule has 1 rings (SSSR count). The van der Waals surface area contributed by atoms with Gasteiger partial charge in [0.25, 0.3) is 5.91 Å². The molecule has 0 heterocycles. The minimum atomic E-state index is -0.102. The fourth-order valence-electron chi connectivity index (χ4n) is 1.75. The predicted molar refractivity (Wildman–Crippen MR) is 84.9 cm³/mol. The highest BCUT2D eigenvalue weighted by Crippen LogP contribution is 2.12. The molecule has 0 bridgehead atoms. The zero-order valence-corrected chi connectivity index (χ0v) is 12.8. The van der Waals surface area contributed by atoms with Crippen LogP contribution >= 0.6 is 12.2 Å². The molecule has 0 spiro atoms. The van der Waals surface area contributed by atoms with Crippen LogP contribution in [-0.2, 0) is 4.79 Å².